The third-order valence-electron chi connectivity index (χ3n) is 3.37. The van der Waals surface area contributed by atoms with Crippen molar-refractivity contribution in [3.63, 3.8) is 0 Å². The Morgan fingerprint density at radius 1 is 1.05 bits per heavy atom. The number of pyridine rings is 1. The van der Waals surface area contributed by atoms with Crippen LogP contribution in [0.25, 0.3) is 11.2 Å². The van der Waals surface area contributed by atoms with Crippen molar-refractivity contribution >= 4 is 17.0 Å². The lowest BCUT2D eigenvalue weighted by Gasteiger charge is -2.17. The van der Waals surface area contributed by atoms with Gasteiger partial charge in [0.1, 0.15) is 11.3 Å². The number of fused-ring (bicyclic) bond motifs is 1. The molecule has 0 aliphatic rings. The summed E-state index contributed by atoms with van der Waals surface area (Å²) in [6, 6.07) is 14.2. The van der Waals surface area contributed by atoms with Gasteiger partial charge in [0, 0.05) is 24.9 Å². The Balaban J connectivity index is 1.78. The van der Waals surface area contributed by atoms with Crippen molar-refractivity contribution in [1.29, 1.82) is 0 Å². The Kier molecular flexibility index (Phi) is 4.26. The van der Waals surface area contributed by atoms with E-state index in [0.29, 0.717) is 12.1 Å². The second-order valence-electron chi connectivity index (χ2n) is 5.03. The lowest BCUT2D eigenvalue weighted by Crippen LogP contribution is -2.22. The molecular weight excluding hydrogens is 272 g/mol. The average molecular weight is 288 g/mol. The van der Waals surface area contributed by atoms with Gasteiger partial charge in [-0.3, -0.25) is 4.98 Å². The fourth-order valence-corrected chi connectivity index (χ4v) is 2.36. The normalized spacial score (nSPS) is 11.8. The van der Waals surface area contributed by atoms with Crippen LogP contribution in [-0.2, 0) is 6.42 Å². The lowest BCUT2D eigenvalue weighted by atomic mass is 10.0. The average Bonchev–Trinajstić information content (AvgIpc) is 2.56. The maximum atomic E-state index is 5.49. The van der Waals surface area contributed by atoms with Gasteiger partial charge >= 0.3 is 0 Å². The Morgan fingerprint density at radius 2 is 1.86 bits per heavy atom. The fourth-order valence-electron chi connectivity index (χ4n) is 2.36. The van der Waals surface area contributed by atoms with Crippen LogP contribution in [0, 0.1) is 12.3 Å². The number of terminal acetylenes is 1. The van der Waals surface area contributed by atoms with Gasteiger partial charge < -0.3 is 5.32 Å². The zero-order valence-corrected chi connectivity index (χ0v) is 12.1. The number of hydrogen-bond acceptors (Lipinski definition) is 4. The van der Waals surface area contributed by atoms with Crippen LogP contribution in [-0.4, -0.2) is 21.0 Å². The van der Waals surface area contributed by atoms with Crippen LogP contribution < -0.4 is 5.32 Å². The summed E-state index contributed by atoms with van der Waals surface area (Å²) in [5, 5.41) is 3.40. The van der Waals surface area contributed by atoms with Gasteiger partial charge in [-0.15, -0.1) is 12.3 Å². The number of rotatable bonds is 5. The third kappa shape index (κ3) is 3.39. The van der Waals surface area contributed by atoms with Gasteiger partial charge in [-0.1, -0.05) is 30.3 Å². The summed E-state index contributed by atoms with van der Waals surface area (Å²) in [5.74, 6) is 3.49. The van der Waals surface area contributed by atoms with Crippen molar-refractivity contribution < 1.29 is 0 Å². The largest absolute Gasteiger partial charge is 0.366 e. The molecule has 0 fully saturated rings. The molecular formula is C18H16N4. The topological polar surface area (TPSA) is 50.7 Å². The Bertz CT molecular complexity index is 793. The van der Waals surface area contributed by atoms with Crippen LogP contribution in [0.3, 0.4) is 0 Å². The SMILES string of the molecule is C#CCC(Cc1ccccc1)Nc1ccc2nccnc2n1. The summed E-state index contributed by atoms with van der Waals surface area (Å²) in [4.78, 5) is 12.9. The van der Waals surface area contributed by atoms with Gasteiger partial charge in [0.25, 0.3) is 0 Å². The standard InChI is InChI=1S/C18H16N4/c1-2-6-15(13-14-7-4-3-5-8-14)21-17-10-9-16-18(22-17)20-12-11-19-16/h1,3-5,7-12,15H,6,13H2,(H,20,21,22). The molecule has 0 bridgehead atoms. The number of anilines is 1. The Morgan fingerprint density at radius 3 is 2.68 bits per heavy atom. The molecule has 2 aromatic heterocycles. The van der Waals surface area contributed by atoms with Crippen LogP contribution in [0.2, 0.25) is 0 Å². The molecule has 0 radical (unpaired) electrons. The lowest BCUT2D eigenvalue weighted by molar-refractivity contribution is 0.734. The second-order valence-corrected chi connectivity index (χ2v) is 5.03. The zero-order chi connectivity index (χ0) is 15.2. The molecule has 3 rings (SSSR count). The number of benzene rings is 1. The molecule has 1 N–H and O–H groups in total. The van der Waals surface area contributed by atoms with E-state index in [1.807, 2.05) is 30.3 Å². The Hall–Kier alpha value is -2.93. The predicted octanol–water partition coefficient (Wildman–Crippen LogP) is 3.07. The van der Waals surface area contributed by atoms with E-state index in [1.165, 1.54) is 5.56 Å². The van der Waals surface area contributed by atoms with Crippen molar-refractivity contribution in [3.05, 3.63) is 60.4 Å². The van der Waals surface area contributed by atoms with Crippen LogP contribution in [0.15, 0.2) is 54.9 Å². The maximum Gasteiger partial charge on any atom is 0.180 e. The molecule has 108 valence electrons. The summed E-state index contributed by atoms with van der Waals surface area (Å²) >= 11 is 0. The summed E-state index contributed by atoms with van der Waals surface area (Å²) in [5.41, 5.74) is 2.66. The van der Waals surface area contributed by atoms with Crippen molar-refractivity contribution in [2.24, 2.45) is 0 Å². The minimum atomic E-state index is 0.133. The van der Waals surface area contributed by atoms with Crippen LogP contribution in [0.1, 0.15) is 12.0 Å². The smallest absolute Gasteiger partial charge is 0.180 e. The molecule has 3 aromatic rings. The van der Waals surface area contributed by atoms with Crippen molar-refractivity contribution in [1.82, 2.24) is 15.0 Å². The van der Waals surface area contributed by atoms with Gasteiger partial charge in [0.15, 0.2) is 5.65 Å². The van der Waals surface area contributed by atoms with Gasteiger partial charge in [0.05, 0.1) is 0 Å². The highest BCUT2D eigenvalue weighted by molar-refractivity contribution is 5.71. The van der Waals surface area contributed by atoms with E-state index in [1.54, 1.807) is 12.4 Å². The maximum absolute atomic E-state index is 5.49. The molecule has 1 unspecified atom stereocenters. The molecule has 1 aromatic carbocycles. The first-order chi connectivity index (χ1) is 10.8. The summed E-state index contributed by atoms with van der Waals surface area (Å²) in [6.45, 7) is 0. The highest BCUT2D eigenvalue weighted by Crippen LogP contribution is 2.14. The first-order valence-electron chi connectivity index (χ1n) is 7.17. The molecule has 0 saturated heterocycles. The molecule has 0 aliphatic heterocycles. The molecule has 0 amide bonds. The van der Waals surface area contributed by atoms with E-state index < -0.39 is 0 Å². The highest BCUT2D eigenvalue weighted by atomic mass is 15.0. The molecule has 2 heterocycles. The summed E-state index contributed by atoms with van der Waals surface area (Å²) in [6.07, 6.45) is 10.3. The Labute approximate surface area is 129 Å². The van der Waals surface area contributed by atoms with Crippen molar-refractivity contribution in [2.45, 2.75) is 18.9 Å². The molecule has 4 heteroatoms. The monoisotopic (exact) mass is 288 g/mol. The van der Waals surface area contributed by atoms with Gasteiger partial charge in [-0.2, -0.15) is 0 Å². The van der Waals surface area contributed by atoms with Crippen LogP contribution >= 0.6 is 0 Å². The van der Waals surface area contributed by atoms with E-state index in [-0.39, 0.29) is 6.04 Å². The minimum absolute atomic E-state index is 0.133. The fraction of sp³-hybridized carbons (Fsp3) is 0.167. The summed E-state index contributed by atoms with van der Waals surface area (Å²) in [7, 11) is 0. The number of nitrogens with zero attached hydrogens (tertiary/aromatic N) is 3. The second kappa shape index (κ2) is 6.68. The van der Waals surface area contributed by atoms with E-state index in [2.05, 4.69) is 38.3 Å². The predicted molar refractivity (Wildman–Crippen MR) is 88.3 cm³/mol. The third-order valence-corrected chi connectivity index (χ3v) is 3.37. The number of aromatic nitrogens is 3. The highest BCUT2D eigenvalue weighted by Gasteiger charge is 2.10. The molecule has 4 nitrogen and oxygen atoms in total. The molecule has 1 atom stereocenters. The van der Waals surface area contributed by atoms with E-state index in [0.717, 1.165) is 17.8 Å². The minimum Gasteiger partial charge on any atom is -0.366 e. The molecule has 0 spiro atoms. The van der Waals surface area contributed by atoms with Crippen LogP contribution in [0.4, 0.5) is 5.82 Å². The number of hydrogen-bond donors (Lipinski definition) is 1. The van der Waals surface area contributed by atoms with Crippen molar-refractivity contribution in [2.75, 3.05) is 5.32 Å². The van der Waals surface area contributed by atoms with Gasteiger partial charge in [-0.25, -0.2) is 9.97 Å². The first-order valence-corrected chi connectivity index (χ1v) is 7.17. The zero-order valence-electron chi connectivity index (χ0n) is 12.1. The quantitative estimate of drug-likeness (QED) is 0.733. The van der Waals surface area contributed by atoms with E-state index in [4.69, 9.17) is 6.42 Å². The summed E-state index contributed by atoms with van der Waals surface area (Å²) < 4.78 is 0. The molecule has 0 saturated carbocycles. The van der Waals surface area contributed by atoms with E-state index >= 15 is 0 Å². The van der Waals surface area contributed by atoms with Crippen molar-refractivity contribution in [3.8, 4) is 12.3 Å². The van der Waals surface area contributed by atoms with Gasteiger partial charge in [0.2, 0.25) is 0 Å². The van der Waals surface area contributed by atoms with Crippen LogP contribution in [0.5, 0.6) is 0 Å². The van der Waals surface area contributed by atoms with E-state index in [9.17, 15) is 0 Å². The first kappa shape index (κ1) is 14.0. The van der Waals surface area contributed by atoms with Gasteiger partial charge in [-0.05, 0) is 24.1 Å². The molecule has 0 aliphatic carbocycles. The number of nitrogens with one attached hydrogen (secondary N) is 1. The molecule has 22 heavy (non-hydrogen) atoms.